The molecule has 3 aromatic heterocycles. The Balaban J connectivity index is 0.000000505. The molecule has 0 aromatic carbocycles. The molecule has 4 rings (SSSR count). The lowest BCUT2D eigenvalue weighted by Crippen LogP contribution is -2.58. The first-order valence-electron chi connectivity index (χ1n) is 10.9. The number of anilines is 2. The zero-order valence-electron chi connectivity index (χ0n) is 20.6. The summed E-state index contributed by atoms with van der Waals surface area (Å²) in [6, 6.07) is 1.82. The average molecular weight is 550 g/mol. The minimum absolute atomic E-state index is 0.0748. The van der Waals surface area contributed by atoms with Crippen LogP contribution in [0.3, 0.4) is 0 Å². The van der Waals surface area contributed by atoms with E-state index < -0.39 is 35.6 Å². The predicted octanol–water partition coefficient (Wildman–Crippen LogP) is 2.90. The Hall–Kier alpha value is -3.89. The summed E-state index contributed by atoms with van der Waals surface area (Å²) in [4.78, 5) is 30.7. The first-order valence-corrected chi connectivity index (χ1v) is 10.9. The van der Waals surface area contributed by atoms with Crippen LogP contribution in [0.4, 0.5) is 37.8 Å². The van der Waals surface area contributed by atoms with Gasteiger partial charge in [0.2, 0.25) is 0 Å². The Morgan fingerprint density at radius 1 is 1.11 bits per heavy atom. The van der Waals surface area contributed by atoms with Crippen molar-refractivity contribution < 1.29 is 41.0 Å². The van der Waals surface area contributed by atoms with Crippen molar-refractivity contribution in [3.63, 3.8) is 0 Å². The molecule has 0 aliphatic carbocycles. The number of nitrogens with zero attached hydrogens (tertiary/aromatic N) is 7. The number of nitrogens with one attached hydrogen (secondary N) is 1. The van der Waals surface area contributed by atoms with E-state index in [0.29, 0.717) is 5.82 Å². The fourth-order valence-electron chi connectivity index (χ4n) is 3.97. The molecule has 4 heterocycles. The lowest BCUT2D eigenvalue weighted by Gasteiger charge is -2.46. The van der Waals surface area contributed by atoms with Gasteiger partial charge in [0, 0.05) is 44.6 Å². The fraction of sp³-hybridized carbons (Fsp3) is 0.476. The number of carbonyl (C=O) groups is 2. The summed E-state index contributed by atoms with van der Waals surface area (Å²) >= 11 is 0. The Morgan fingerprint density at radius 2 is 1.74 bits per heavy atom. The highest BCUT2D eigenvalue weighted by molar-refractivity contribution is 6.08. The number of aliphatic carboxylic acids is 1. The summed E-state index contributed by atoms with van der Waals surface area (Å²) < 4.78 is 73.8. The second-order valence-electron chi connectivity index (χ2n) is 9.13. The maximum atomic E-state index is 13.2. The van der Waals surface area contributed by atoms with Gasteiger partial charge in [-0.15, -0.1) is 0 Å². The van der Waals surface area contributed by atoms with E-state index in [0.717, 1.165) is 30.5 Å². The Labute approximate surface area is 211 Å². The number of alkyl halides is 6. The van der Waals surface area contributed by atoms with E-state index in [1.54, 1.807) is 6.20 Å². The number of hydrogen-bond acceptors (Lipinski definition) is 7. The minimum Gasteiger partial charge on any atom is -0.475 e. The van der Waals surface area contributed by atoms with Crippen LogP contribution in [0.5, 0.6) is 0 Å². The minimum atomic E-state index is -5.08. The molecule has 0 atom stereocenters. The van der Waals surface area contributed by atoms with E-state index in [1.165, 1.54) is 17.8 Å². The number of likely N-dealkylation sites (N-methyl/N-ethyl adjacent to an activating group) is 1. The third-order valence-electron chi connectivity index (χ3n) is 5.56. The number of aromatic nitrogens is 5. The van der Waals surface area contributed by atoms with Crippen molar-refractivity contribution in [2.45, 2.75) is 31.7 Å². The third-order valence-corrected chi connectivity index (χ3v) is 5.56. The first-order chi connectivity index (χ1) is 17.4. The highest BCUT2D eigenvalue weighted by Gasteiger charge is 2.39. The van der Waals surface area contributed by atoms with Crippen LogP contribution in [-0.2, 0) is 18.0 Å². The molecule has 0 bridgehead atoms. The van der Waals surface area contributed by atoms with Crippen molar-refractivity contribution in [3.8, 4) is 0 Å². The van der Waals surface area contributed by atoms with Crippen LogP contribution in [0.25, 0.3) is 5.65 Å². The van der Waals surface area contributed by atoms with Crippen molar-refractivity contribution in [1.82, 2.24) is 29.3 Å². The van der Waals surface area contributed by atoms with Crippen LogP contribution in [0, 0.1) is 0 Å². The first kappa shape index (κ1) is 28.7. The van der Waals surface area contributed by atoms with Gasteiger partial charge in [0.1, 0.15) is 11.4 Å². The summed E-state index contributed by atoms with van der Waals surface area (Å²) in [5.41, 5.74) is -1.42. The van der Waals surface area contributed by atoms with Crippen LogP contribution >= 0.6 is 0 Å². The van der Waals surface area contributed by atoms with Crippen LogP contribution in [0.2, 0.25) is 0 Å². The zero-order chi connectivity index (χ0) is 28.6. The smallest absolute Gasteiger partial charge is 0.475 e. The lowest BCUT2D eigenvalue weighted by atomic mass is 9.99. The normalized spacial score (nSPS) is 16.2. The summed E-state index contributed by atoms with van der Waals surface area (Å²) in [6.07, 6.45) is -5.68. The molecule has 3 aromatic rings. The molecule has 0 unspecified atom stereocenters. The maximum Gasteiger partial charge on any atom is 0.490 e. The molecule has 2 N–H and O–H groups in total. The number of rotatable bonds is 3. The molecule has 1 fully saturated rings. The van der Waals surface area contributed by atoms with E-state index in [-0.39, 0.29) is 16.7 Å². The number of halogens is 6. The van der Waals surface area contributed by atoms with Gasteiger partial charge < -0.3 is 20.2 Å². The van der Waals surface area contributed by atoms with Crippen LogP contribution in [0.1, 0.15) is 29.9 Å². The number of amides is 1. The van der Waals surface area contributed by atoms with Gasteiger partial charge in [-0.05, 0) is 27.0 Å². The van der Waals surface area contributed by atoms with Crippen molar-refractivity contribution >= 4 is 29.0 Å². The Kier molecular flexibility index (Phi) is 7.63. The highest BCUT2D eigenvalue weighted by atomic mass is 19.4. The monoisotopic (exact) mass is 550 g/mol. The van der Waals surface area contributed by atoms with Gasteiger partial charge in [0.25, 0.3) is 5.91 Å². The second-order valence-corrected chi connectivity index (χ2v) is 9.13. The van der Waals surface area contributed by atoms with Crippen LogP contribution in [-0.4, -0.2) is 84.7 Å². The average Bonchev–Trinajstić information content (AvgIpc) is 3.35. The molecule has 1 aliphatic heterocycles. The number of carboxylic acid groups (broad SMARTS) is 1. The SMILES string of the molecule is CN1CCN(c2ccn3ncc(C(=O)Nc4cn(C)nc4C(F)(F)F)c3n2)C(C)(C)C1.O=C(O)C(F)(F)F. The molecule has 1 aliphatic rings. The van der Waals surface area contributed by atoms with Crippen molar-refractivity contribution in [1.29, 1.82) is 0 Å². The Morgan fingerprint density at radius 3 is 2.29 bits per heavy atom. The molecule has 0 saturated carbocycles. The number of piperazine rings is 1. The van der Waals surface area contributed by atoms with E-state index in [1.807, 2.05) is 6.07 Å². The molecule has 1 saturated heterocycles. The van der Waals surface area contributed by atoms with Crippen molar-refractivity contribution in [2.75, 3.05) is 36.9 Å². The van der Waals surface area contributed by atoms with Gasteiger partial charge in [-0.1, -0.05) is 0 Å². The molecule has 0 spiro atoms. The van der Waals surface area contributed by atoms with Gasteiger partial charge in [-0.3, -0.25) is 9.48 Å². The molecule has 208 valence electrons. The van der Waals surface area contributed by atoms with Crippen molar-refractivity contribution in [2.24, 2.45) is 7.05 Å². The largest absolute Gasteiger partial charge is 0.490 e. The molecular formula is C21H24F6N8O3. The summed E-state index contributed by atoms with van der Waals surface area (Å²) in [7, 11) is 3.41. The highest BCUT2D eigenvalue weighted by Crippen LogP contribution is 2.34. The second kappa shape index (κ2) is 10.1. The van der Waals surface area contributed by atoms with Gasteiger partial charge in [0.05, 0.1) is 11.9 Å². The van der Waals surface area contributed by atoms with Gasteiger partial charge in [-0.25, -0.2) is 14.3 Å². The number of aryl methyl sites for hydroxylation is 1. The summed E-state index contributed by atoms with van der Waals surface area (Å²) in [6.45, 7) is 6.68. The van der Waals surface area contributed by atoms with E-state index in [4.69, 9.17) is 9.90 Å². The quantitative estimate of drug-likeness (QED) is 0.478. The van der Waals surface area contributed by atoms with Crippen LogP contribution in [0.15, 0.2) is 24.7 Å². The van der Waals surface area contributed by atoms with E-state index >= 15 is 0 Å². The standard InChI is InChI=1S/C19H23F3N8O.C2HF3O2/c1-18(2)11-27(3)7-8-29(18)14-5-6-30-16(25-14)12(9-23-30)17(31)24-13-10-28(4)26-15(13)19(20,21)22;3-2(4,5)1(6)7/h5-6,9-10H,7-8,11H2,1-4H3,(H,24,31);(H,6,7). The maximum absolute atomic E-state index is 13.2. The lowest BCUT2D eigenvalue weighted by molar-refractivity contribution is -0.192. The fourth-order valence-corrected chi connectivity index (χ4v) is 3.97. The van der Waals surface area contributed by atoms with E-state index in [9.17, 15) is 31.1 Å². The summed E-state index contributed by atoms with van der Waals surface area (Å²) in [5.74, 6) is -2.82. The van der Waals surface area contributed by atoms with Crippen LogP contribution < -0.4 is 10.2 Å². The molecule has 1 amide bonds. The topological polar surface area (TPSA) is 121 Å². The third kappa shape index (κ3) is 6.32. The summed E-state index contributed by atoms with van der Waals surface area (Å²) in [5, 5.41) is 16.9. The number of carboxylic acids is 1. The number of carbonyl (C=O) groups excluding carboxylic acids is 1. The van der Waals surface area contributed by atoms with Gasteiger partial charge in [-0.2, -0.15) is 36.5 Å². The van der Waals surface area contributed by atoms with Gasteiger partial charge >= 0.3 is 18.3 Å². The van der Waals surface area contributed by atoms with E-state index in [2.05, 4.69) is 51.2 Å². The number of hydrogen-bond donors (Lipinski definition) is 2. The molecule has 17 heteroatoms. The molecule has 11 nitrogen and oxygen atoms in total. The zero-order valence-corrected chi connectivity index (χ0v) is 20.6. The van der Waals surface area contributed by atoms with Gasteiger partial charge in [0.15, 0.2) is 11.3 Å². The molecular weight excluding hydrogens is 526 g/mol. The van der Waals surface area contributed by atoms with Crippen molar-refractivity contribution in [3.05, 3.63) is 35.9 Å². The Bertz CT molecular complexity index is 1330. The molecule has 38 heavy (non-hydrogen) atoms. The number of fused-ring (bicyclic) bond motifs is 1. The molecule has 0 radical (unpaired) electrons. The predicted molar refractivity (Wildman–Crippen MR) is 122 cm³/mol.